The molecule has 4 heterocycles. The Morgan fingerprint density at radius 2 is 1.83 bits per heavy atom. The van der Waals surface area contributed by atoms with Crippen LogP contribution in [0.1, 0.15) is 23.9 Å². The zero-order valence-electron chi connectivity index (χ0n) is 20.7. The molecule has 0 aliphatic carbocycles. The first-order valence-corrected chi connectivity index (χ1v) is 12.0. The van der Waals surface area contributed by atoms with Gasteiger partial charge in [0.1, 0.15) is 12.0 Å². The Labute approximate surface area is 231 Å². The van der Waals surface area contributed by atoms with Gasteiger partial charge in [-0.05, 0) is 24.6 Å². The van der Waals surface area contributed by atoms with Crippen molar-refractivity contribution in [3.05, 3.63) is 71.4 Å². The molecule has 1 aromatic carbocycles. The van der Waals surface area contributed by atoms with E-state index in [1.54, 1.807) is 7.05 Å². The summed E-state index contributed by atoms with van der Waals surface area (Å²) in [5.41, 5.74) is -0.694. The summed E-state index contributed by atoms with van der Waals surface area (Å²) < 4.78 is 87.9. The average Bonchev–Trinajstić information content (AvgIpc) is 3.69. The normalized spacial score (nSPS) is 12.8. The first-order valence-electron chi connectivity index (χ1n) is 11.6. The molecule has 0 N–H and O–H groups in total. The van der Waals surface area contributed by atoms with Gasteiger partial charge in [0.15, 0.2) is 17.3 Å². The molecule has 1 unspecified atom stereocenters. The van der Waals surface area contributed by atoms with Crippen molar-refractivity contribution < 1.29 is 31.1 Å². The zero-order valence-corrected chi connectivity index (χ0v) is 21.5. The largest absolute Gasteiger partial charge is 0.436 e. The summed E-state index contributed by atoms with van der Waals surface area (Å²) >= 11 is 5.98. The van der Waals surface area contributed by atoms with Crippen molar-refractivity contribution in [2.24, 2.45) is 7.05 Å². The molecule has 0 amide bonds. The van der Waals surface area contributed by atoms with Gasteiger partial charge in [-0.25, -0.2) is 23.4 Å². The second-order valence-corrected chi connectivity index (χ2v) is 8.91. The Bertz CT molecular complexity index is 1650. The molecule has 0 fully saturated rings. The Balaban J connectivity index is 1.51. The maximum Gasteiger partial charge on any atom is 0.436 e. The molecule has 0 radical (unpaired) electrons. The summed E-state index contributed by atoms with van der Waals surface area (Å²) in [5.74, 6) is -0.512. The van der Waals surface area contributed by atoms with Gasteiger partial charge in [0.25, 0.3) is 0 Å². The molecule has 0 bridgehead atoms. The van der Waals surface area contributed by atoms with E-state index in [1.807, 2.05) is 0 Å². The number of hydrogen-bond donors (Lipinski definition) is 0. The quantitative estimate of drug-likeness (QED) is 0.223. The summed E-state index contributed by atoms with van der Waals surface area (Å²) in [5, 5.41) is 18.4. The molecule has 0 aliphatic rings. The summed E-state index contributed by atoms with van der Waals surface area (Å²) in [6.07, 6.45) is -0.0135. The monoisotopic (exact) mass is 598 g/mol. The molecular formula is C23H17ClF6N10O. The fourth-order valence-corrected chi connectivity index (χ4v) is 4.17. The molecule has 11 nitrogen and oxygen atoms in total. The first-order chi connectivity index (χ1) is 19.5. The lowest BCUT2D eigenvalue weighted by atomic mass is 10.0. The van der Waals surface area contributed by atoms with E-state index in [-0.39, 0.29) is 34.9 Å². The first kappa shape index (κ1) is 28.2. The Morgan fingerprint density at radius 3 is 2.46 bits per heavy atom. The lowest BCUT2D eigenvalue weighted by Crippen LogP contribution is -2.16. The van der Waals surface area contributed by atoms with E-state index in [1.165, 1.54) is 52.4 Å². The molecule has 0 spiro atoms. The van der Waals surface area contributed by atoms with Gasteiger partial charge in [0.05, 0.1) is 41.4 Å². The predicted octanol–water partition coefficient (Wildman–Crippen LogP) is 4.75. The van der Waals surface area contributed by atoms with Gasteiger partial charge < -0.3 is 4.74 Å². The van der Waals surface area contributed by atoms with Gasteiger partial charge in [0, 0.05) is 24.4 Å². The molecular weight excluding hydrogens is 582 g/mol. The maximum atomic E-state index is 15.2. The van der Waals surface area contributed by atoms with Crippen LogP contribution in [0.15, 0.2) is 49.2 Å². The third-order valence-corrected chi connectivity index (χ3v) is 6.22. The number of benzene rings is 1. The van der Waals surface area contributed by atoms with E-state index in [4.69, 9.17) is 11.6 Å². The highest BCUT2D eigenvalue weighted by Gasteiger charge is 2.35. The summed E-state index contributed by atoms with van der Waals surface area (Å²) in [6.45, 7) is -3.35. The molecule has 5 rings (SSSR count). The molecule has 1 atom stereocenters. The fourth-order valence-electron chi connectivity index (χ4n) is 4.01. The van der Waals surface area contributed by atoms with Crippen LogP contribution >= 0.6 is 11.6 Å². The van der Waals surface area contributed by atoms with Gasteiger partial charge >= 0.3 is 12.8 Å². The topological polar surface area (TPSA) is 114 Å². The minimum Gasteiger partial charge on any atom is -0.323 e. The Kier molecular flexibility index (Phi) is 7.72. The maximum absolute atomic E-state index is 15.2. The predicted molar refractivity (Wildman–Crippen MR) is 129 cm³/mol. The van der Waals surface area contributed by atoms with Gasteiger partial charge in [-0.2, -0.15) is 27.1 Å². The van der Waals surface area contributed by atoms with E-state index in [2.05, 4.69) is 40.4 Å². The summed E-state index contributed by atoms with van der Waals surface area (Å²) in [7, 11) is 1.65. The summed E-state index contributed by atoms with van der Waals surface area (Å²) in [4.78, 5) is 8.47. The minimum absolute atomic E-state index is 0.00819. The number of aromatic nitrogens is 10. The number of pyridine rings is 1. The highest BCUT2D eigenvalue weighted by atomic mass is 35.5. The van der Waals surface area contributed by atoms with Crippen molar-refractivity contribution in [1.82, 2.24) is 49.7 Å². The van der Waals surface area contributed by atoms with Crippen LogP contribution in [0.2, 0.25) is 5.02 Å². The fraction of sp³-hybridized carbons (Fsp3) is 0.261. The van der Waals surface area contributed by atoms with E-state index < -0.39 is 30.3 Å². The number of aryl methyl sites for hydroxylation is 1. The smallest absolute Gasteiger partial charge is 0.323 e. The van der Waals surface area contributed by atoms with Crippen LogP contribution < -0.4 is 0 Å². The van der Waals surface area contributed by atoms with Crippen molar-refractivity contribution in [1.29, 1.82) is 0 Å². The van der Waals surface area contributed by atoms with Gasteiger partial charge in [-0.3, -0.25) is 4.98 Å². The van der Waals surface area contributed by atoms with Crippen LogP contribution in [-0.4, -0.2) is 63.0 Å². The second kappa shape index (κ2) is 11.2. The van der Waals surface area contributed by atoms with Crippen molar-refractivity contribution in [3.8, 4) is 28.3 Å². The van der Waals surface area contributed by atoms with Gasteiger partial charge in [0.2, 0.25) is 0 Å². The second-order valence-electron chi connectivity index (χ2n) is 8.50. The standard InChI is InChI=1S/C23H17ClF6N10O/c1-38-21(32-11-33-38)15-9-39(36-34-15)16(6-7-41-22(26)27)14-4-2-12(8-31-14)19-17(5-3-13(24)20(19)25)40-10-18(35-37-40)23(28,29)30/h2-5,8-11,16,22H,6-7H2,1H3. The van der Waals surface area contributed by atoms with Crippen LogP contribution in [0, 0.1) is 5.82 Å². The molecule has 0 aliphatic heterocycles. The highest BCUT2D eigenvalue weighted by Crippen LogP contribution is 2.35. The lowest BCUT2D eigenvalue weighted by molar-refractivity contribution is -0.141. The van der Waals surface area contributed by atoms with Gasteiger partial charge in [-0.15, -0.1) is 10.2 Å². The van der Waals surface area contributed by atoms with Crippen molar-refractivity contribution in [2.45, 2.75) is 25.3 Å². The number of nitrogens with zero attached hydrogens (tertiary/aromatic N) is 10. The SMILES string of the molecule is Cn1ncnc1-c1cn(C(CCOC(F)F)c2ccc(-c3c(-n4cc(C(F)(F)F)nn4)ccc(Cl)c3F)cn2)nn1. The molecule has 41 heavy (non-hydrogen) atoms. The summed E-state index contributed by atoms with van der Waals surface area (Å²) in [6, 6.07) is 4.65. The molecule has 214 valence electrons. The van der Waals surface area contributed by atoms with Crippen LogP contribution in [0.5, 0.6) is 0 Å². The van der Waals surface area contributed by atoms with Crippen molar-refractivity contribution >= 4 is 11.6 Å². The van der Waals surface area contributed by atoms with Crippen LogP contribution in [0.3, 0.4) is 0 Å². The molecule has 0 saturated heterocycles. The molecule has 4 aromatic heterocycles. The number of hydrogen-bond acceptors (Lipinski definition) is 8. The lowest BCUT2D eigenvalue weighted by Gasteiger charge is -2.17. The zero-order chi connectivity index (χ0) is 29.3. The molecule has 0 saturated carbocycles. The van der Waals surface area contributed by atoms with Crippen LogP contribution in [0.4, 0.5) is 26.3 Å². The molecule has 18 heteroatoms. The Hall–Kier alpha value is -4.38. The minimum atomic E-state index is -4.76. The number of alkyl halides is 5. The number of ether oxygens (including phenoxy) is 1. The molecule has 5 aromatic rings. The number of rotatable bonds is 9. The van der Waals surface area contributed by atoms with Gasteiger partial charge in [-0.1, -0.05) is 28.1 Å². The third kappa shape index (κ3) is 5.90. The average molecular weight is 599 g/mol. The van der Waals surface area contributed by atoms with E-state index in [9.17, 15) is 22.0 Å². The number of halogens is 7. The van der Waals surface area contributed by atoms with Crippen LogP contribution in [-0.2, 0) is 18.0 Å². The third-order valence-electron chi connectivity index (χ3n) is 5.93. The highest BCUT2D eigenvalue weighted by molar-refractivity contribution is 6.31. The van der Waals surface area contributed by atoms with E-state index >= 15 is 4.39 Å². The van der Waals surface area contributed by atoms with Crippen LogP contribution in [0.25, 0.3) is 28.3 Å². The van der Waals surface area contributed by atoms with Crippen molar-refractivity contribution in [3.63, 3.8) is 0 Å². The van der Waals surface area contributed by atoms with E-state index in [0.717, 1.165) is 4.68 Å². The van der Waals surface area contributed by atoms with Crippen molar-refractivity contribution in [2.75, 3.05) is 6.61 Å². The Morgan fingerprint density at radius 1 is 1.02 bits per heavy atom. The van der Waals surface area contributed by atoms with E-state index in [0.29, 0.717) is 23.4 Å².